The van der Waals surface area contributed by atoms with Crippen LogP contribution >= 0.6 is 11.6 Å². The predicted molar refractivity (Wildman–Crippen MR) is 115 cm³/mol. The van der Waals surface area contributed by atoms with Crippen LogP contribution in [0.4, 0.5) is 0 Å². The van der Waals surface area contributed by atoms with Gasteiger partial charge in [-0.05, 0) is 42.5 Å². The van der Waals surface area contributed by atoms with Gasteiger partial charge in [0.25, 0.3) is 5.89 Å². The highest BCUT2D eigenvalue weighted by Crippen LogP contribution is 2.26. The molecule has 4 aromatic rings. The lowest BCUT2D eigenvalue weighted by Crippen LogP contribution is -2.40. The van der Waals surface area contributed by atoms with E-state index in [1.165, 1.54) is 0 Å². The highest BCUT2D eigenvalue weighted by atomic mass is 35.5. The van der Waals surface area contributed by atoms with E-state index in [1.807, 2.05) is 39.8 Å². The van der Waals surface area contributed by atoms with Gasteiger partial charge in [-0.25, -0.2) is 4.98 Å². The summed E-state index contributed by atoms with van der Waals surface area (Å²) in [5, 5.41) is 4.75. The predicted octanol–water partition coefficient (Wildman–Crippen LogP) is 3.66. The first-order valence-electron chi connectivity index (χ1n) is 10.1. The largest absolute Gasteiger partial charge is 0.378 e. The summed E-state index contributed by atoms with van der Waals surface area (Å²) in [5.74, 6) is 1.06. The van der Waals surface area contributed by atoms with Crippen molar-refractivity contribution in [3.63, 3.8) is 0 Å². The lowest BCUT2D eigenvalue weighted by Gasteiger charge is -2.26. The molecule has 0 atom stereocenters. The van der Waals surface area contributed by atoms with Crippen LogP contribution in [0.5, 0.6) is 0 Å². The van der Waals surface area contributed by atoms with Gasteiger partial charge >= 0.3 is 0 Å². The van der Waals surface area contributed by atoms with Gasteiger partial charge in [0.15, 0.2) is 0 Å². The number of halogens is 1. The molecule has 158 valence electrons. The van der Waals surface area contributed by atoms with Crippen LogP contribution in [-0.4, -0.2) is 56.8 Å². The van der Waals surface area contributed by atoms with Crippen molar-refractivity contribution in [3.8, 4) is 22.8 Å². The topological polar surface area (TPSA) is 86.3 Å². The maximum atomic E-state index is 12.4. The smallest absolute Gasteiger partial charge is 0.258 e. The summed E-state index contributed by atoms with van der Waals surface area (Å²) in [6.45, 7) is 3.12. The Bertz CT molecular complexity index is 1210. The third-order valence-corrected chi connectivity index (χ3v) is 5.58. The molecule has 1 aliphatic rings. The Morgan fingerprint density at radius 1 is 1.06 bits per heavy atom. The number of fused-ring (bicyclic) bond motifs is 1. The molecule has 8 nitrogen and oxygen atoms in total. The van der Waals surface area contributed by atoms with Crippen LogP contribution in [0, 0.1) is 0 Å². The second-order valence-corrected chi connectivity index (χ2v) is 7.75. The van der Waals surface area contributed by atoms with E-state index in [0.717, 1.165) is 22.2 Å². The number of hydrogen-bond acceptors (Lipinski definition) is 6. The number of rotatable bonds is 5. The Kier molecular flexibility index (Phi) is 5.40. The average molecular weight is 438 g/mol. The van der Waals surface area contributed by atoms with Crippen LogP contribution in [-0.2, 0) is 16.1 Å². The number of morpholine rings is 1. The SMILES string of the molecule is O=C(CCn1cnc2cc(-c3noc(-c4ccc(Cl)cc4)n3)ccc21)N1CCOCC1. The van der Waals surface area contributed by atoms with E-state index < -0.39 is 0 Å². The lowest BCUT2D eigenvalue weighted by molar-refractivity contribution is -0.135. The van der Waals surface area contributed by atoms with Gasteiger partial charge in [0, 0.05) is 42.2 Å². The van der Waals surface area contributed by atoms with E-state index >= 15 is 0 Å². The molecule has 0 unspecified atom stereocenters. The highest BCUT2D eigenvalue weighted by Gasteiger charge is 2.17. The minimum atomic E-state index is 0.142. The monoisotopic (exact) mass is 437 g/mol. The zero-order valence-corrected chi connectivity index (χ0v) is 17.5. The van der Waals surface area contributed by atoms with Gasteiger partial charge in [0.1, 0.15) is 0 Å². The van der Waals surface area contributed by atoms with Gasteiger partial charge in [-0.3, -0.25) is 4.79 Å². The van der Waals surface area contributed by atoms with Crippen LogP contribution in [0.2, 0.25) is 5.02 Å². The summed E-state index contributed by atoms with van der Waals surface area (Å²) in [7, 11) is 0. The molecule has 0 saturated carbocycles. The number of ether oxygens (including phenoxy) is 1. The lowest BCUT2D eigenvalue weighted by atomic mass is 10.2. The van der Waals surface area contributed by atoms with E-state index in [9.17, 15) is 4.79 Å². The number of amides is 1. The summed E-state index contributed by atoms with van der Waals surface area (Å²) < 4.78 is 12.7. The quantitative estimate of drug-likeness (QED) is 0.473. The summed E-state index contributed by atoms with van der Waals surface area (Å²) in [6.07, 6.45) is 2.19. The fourth-order valence-corrected chi connectivity index (χ4v) is 3.74. The number of aryl methyl sites for hydroxylation is 1. The molecular formula is C22H20ClN5O3. The summed E-state index contributed by atoms with van der Waals surface area (Å²) in [5.41, 5.74) is 3.39. The van der Waals surface area contributed by atoms with Crippen molar-refractivity contribution in [2.24, 2.45) is 0 Å². The van der Waals surface area contributed by atoms with E-state index in [4.69, 9.17) is 20.9 Å². The first-order valence-corrected chi connectivity index (χ1v) is 10.5. The van der Waals surface area contributed by atoms with Gasteiger partial charge in [0.05, 0.1) is 30.6 Å². The zero-order chi connectivity index (χ0) is 21.2. The molecule has 5 rings (SSSR count). The summed E-state index contributed by atoms with van der Waals surface area (Å²) >= 11 is 5.94. The molecule has 2 aromatic carbocycles. The molecule has 0 bridgehead atoms. The molecule has 3 heterocycles. The van der Waals surface area contributed by atoms with Gasteiger partial charge in [-0.15, -0.1) is 0 Å². The molecule has 1 saturated heterocycles. The van der Waals surface area contributed by atoms with Crippen molar-refractivity contribution in [2.75, 3.05) is 26.3 Å². The van der Waals surface area contributed by atoms with Crippen molar-refractivity contribution in [3.05, 3.63) is 53.8 Å². The number of aromatic nitrogens is 4. The molecule has 0 N–H and O–H groups in total. The summed E-state index contributed by atoms with van der Waals surface area (Å²) in [4.78, 5) is 23.2. The molecule has 1 aliphatic heterocycles. The molecule has 0 radical (unpaired) electrons. The molecule has 1 amide bonds. The number of imidazole rings is 1. The second kappa shape index (κ2) is 8.49. The second-order valence-electron chi connectivity index (χ2n) is 7.31. The number of benzene rings is 2. The van der Waals surface area contributed by atoms with E-state index in [-0.39, 0.29) is 5.91 Å². The minimum Gasteiger partial charge on any atom is -0.378 e. The van der Waals surface area contributed by atoms with E-state index in [1.54, 1.807) is 18.5 Å². The first-order chi connectivity index (χ1) is 15.2. The van der Waals surface area contributed by atoms with E-state index in [2.05, 4.69) is 15.1 Å². The Labute approximate surface area is 183 Å². The number of nitrogens with zero attached hydrogens (tertiary/aromatic N) is 5. The van der Waals surface area contributed by atoms with Gasteiger partial charge < -0.3 is 18.7 Å². The summed E-state index contributed by atoms with van der Waals surface area (Å²) in [6, 6.07) is 13.1. The number of carbonyl (C=O) groups excluding carboxylic acids is 1. The van der Waals surface area contributed by atoms with Gasteiger partial charge in [0.2, 0.25) is 11.7 Å². The molecular weight excluding hydrogens is 418 g/mol. The van der Waals surface area contributed by atoms with Crippen molar-refractivity contribution >= 4 is 28.5 Å². The Balaban J connectivity index is 1.31. The van der Waals surface area contributed by atoms with Crippen molar-refractivity contribution in [2.45, 2.75) is 13.0 Å². The fraction of sp³-hybridized carbons (Fsp3) is 0.273. The third-order valence-electron chi connectivity index (χ3n) is 5.33. The Morgan fingerprint density at radius 2 is 1.84 bits per heavy atom. The van der Waals surface area contributed by atoms with Gasteiger partial charge in [-0.1, -0.05) is 16.8 Å². The Hall–Kier alpha value is -3.23. The highest BCUT2D eigenvalue weighted by molar-refractivity contribution is 6.30. The maximum absolute atomic E-state index is 12.4. The molecule has 0 aliphatic carbocycles. The van der Waals surface area contributed by atoms with E-state index in [0.29, 0.717) is 56.0 Å². The Morgan fingerprint density at radius 3 is 2.65 bits per heavy atom. The molecule has 1 fully saturated rings. The van der Waals surface area contributed by atoms with Crippen molar-refractivity contribution in [1.82, 2.24) is 24.6 Å². The first kappa shape index (κ1) is 19.7. The van der Waals surface area contributed by atoms with Crippen LogP contribution in [0.25, 0.3) is 33.9 Å². The normalized spacial score (nSPS) is 14.3. The minimum absolute atomic E-state index is 0.142. The maximum Gasteiger partial charge on any atom is 0.258 e. The van der Waals surface area contributed by atoms with Crippen molar-refractivity contribution < 1.29 is 14.1 Å². The van der Waals surface area contributed by atoms with Crippen LogP contribution in [0.3, 0.4) is 0 Å². The molecule has 2 aromatic heterocycles. The zero-order valence-electron chi connectivity index (χ0n) is 16.7. The standard InChI is InChI=1S/C22H20ClN5O3/c23-17-4-1-15(2-5-17)22-25-21(26-31-22)16-3-6-19-18(13-16)24-14-28(19)8-7-20(29)27-9-11-30-12-10-27/h1-6,13-14H,7-12H2. The molecule has 0 spiro atoms. The van der Waals surface area contributed by atoms with Crippen LogP contribution in [0.15, 0.2) is 53.3 Å². The molecule has 31 heavy (non-hydrogen) atoms. The fourth-order valence-electron chi connectivity index (χ4n) is 3.62. The number of carbonyl (C=O) groups is 1. The van der Waals surface area contributed by atoms with Gasteiger partial charge in [-0.2, -0.15) is 4.98 Å². The molecule has 9 heteroatoms. The average Bonchev–Trinajstić information content (AvgIpc) is 3.46. The van der Waals surface area contributed by atoms with Crippen molar-refractivity contribution in [1.29, 1.82) is 0 Å². The third kappa shape index (κ3) is 4.17. The van der Waals surface area contributed by atoms with Crippen LogP contribution < -0.4 is 0 Å². The van der Waals surface area contributed by atoms with Crippen LogP contribution in [0.1, 0.15) is 6.42 Å². The number of hydrogen-bond donors (Lipinski definition) is 0.